The highest BCUT2D eigenvalue weighted by atomic mass is 16.2. The molecule has 2 aliphatic rings. The van der Waals surface area contributed by atoms with E-state index in [1.54, 1.807) is 12.4 Å². The molecule has 33 heavy (non-hydrogen) atoms. The predicted octanol–water partition coefficient (Wildman–Crippen LogP) is 3.17. The molecular weight excluding hydrogens is 416 g/mol. The number of rotatable bonds is 5. The Hall–Kier alpha value is -3.55. The molecule has 2 fully saturated rings. The van der Waals surface area contributed by atoms with Gasteiger partial charge in [-0.1, -0.05) is 35.5 Å². The van der Waals surface area contributed by atoms with Crippen molar-refractivity contribution >= 4 is 11.8 Å². The second-order valence-electron chi connectivity index (χ2n) is 9.15. The van der Waals surface area contributed by atoms with E-state index in [1.165, 1.54) is 0 Å². The van der Waals surface area contributed by atoms with E-state index in [0.717, 1.165) is 50.0 Å². The Balaban J connectivity index is 1.19. The quantitative estimate of drug-likeness (QED) is 0.653. The number of likely N-dealkylation sites (tertiary alicyclic amines) is 1. The van der Waals surface area contributed by atoms with Gasteiger partial charge in [-0.2, -0.15) is 0 Å². The number of aromatic nitrogens is 4. The molecule has 1 spiro atoms. The average Bonchev–Trinajstić information content (AvgIpc) is 3.32. The standard InChI is InChI=1S/C25H28N6O2/c1-18-7-8-20(16-26-18)24(33)30-13-11-25(12-14-30)10-9-22(25)31-17-21(28-29-31)23(32)27-15-19-5-3-2-4-6-19/h2-8,16-17,22H,9-15H2,1H3,(H,27,32). The minimum atomic E-state index is -0.217. The molecule has 2 aromatic heterocycles. The van der Waals surface area contributed by atoms with E-state index in [2.05, 4.69) is 20.6 Å². The zero-order chi connectivity index (χ0) is 22.8. The maximum Gasteiger partial charge on any atom is 0.273 e. The van der Waals surface area contributed by atoms with Crippen LogP contribution in [0.3, 0.4) is 0 Å². The van der Waals surface area contributed by atoms with Gasteiger partial charge in [0, 0.05) is 31.5 Å². The van der Waals surface area contributed by atoms with Crippen LogP contribution in [0, 0.1) is 12.3 Å². The van der Waals surface area contributed by atoms with Gasteiger partial charge in [-0.05, 0) is 55.7 Å². The van der Waals surface area contributed by atoms with Gasteiger partial charge >= 0.3 is 0 Å². The third-order valence-electron chi connectivity index (χ3n) is 7.19. The molecule has 1 unspecified atom stereocenters. The number of hydrogen-bond acceptors (Lipinski definition) is 5. The summed E-state index contributed by atoms with van der Waals surface area (Å²) in [6.45, 7) is 3.82. The minimum Gasteiger partial charge on any atom is -0.347 e. The molecule has 0 radical (unpaired) electrons. The molecule has 2 amide bonds. The fraction of sp³-hybridized carbons (Fsp3) is 0.400. The zero-order valence-corrected chi connectivity index (χ0v) is 18.8. The van der Waals surface area contributed by atoms with Crippen LogP contribution in [0.15, 0.2) is 54.9 Å². The molecule has 1 aliphatic heterocycles. The van der Waals surface area contributed by atoms with E-state index in [1.807, 2.05) is 59.0 Å². The zero-order valence-electron chi connectivity index (χ0n) is 18.8. The molecule has 5 rings (SSSR count). The maximum atomic E-state index is 12.8. The lowest BCUT2D eigenvalue weighted by atomic mass is 9.59. The Morgan fingerprint density at radius 1 is 1.09 bits per heavy atom. The Kier molecular flexibility index (Phi) is 5.66. The number of hydrogen-bond donors (Lipinski definition) is 1. The lowest BCUT2D eigenvalue weighted by Crippen LogP contribution is -2.51. The highest BCUT2D eigenvalue weighted by Gasteiger charge is 2.50. The number of benzene rings is 1. The van der Waals surface area contributed by atoms with Crippen LogP contribution in [0.1, 0.15) is 63.8 Å². The number of carbonyl (C=O) groups excluding carboxylic acids is 2. The van der Waals surface area contributed by atoms with Crippen LogP contribution >= 0.6 is 0 Å². The summed E-state index contributed by atoms with van der Waals surface area (Å²) in [5, 5.41) is 11.3. The fourth-order valence-corrected chi connectivity index (χ4v) is 5.01. The third-order valence-corrected chi connectivity index (χ3v) is 7.19. The molecule has 0 bridgehead atoms. The summed E-state index contributed by atoms with van der Waals surface area (Å²) < 4.78 is 1.86. The molecule has 1 saturated heterocycles. The van der Waals surface area contributed by atoms with Crippen molar-refractivity contribution in [2.75, 3.05) is 13.1 Å². The normalized spacial score (nSPS) is 19.2. The van der Waals surface area contributed by atoms with Crippen LogP contribution in [0.2, 0.25) is 0 Å². The van der Waals surface area contributed by atoms with Crippen LogP contribution in [-0.4, -0.2) is 49.8 Å². The molecular formula is C25H28N6O2. The van der Waals surface area contributed by atoms with E-state index in [9.17, 15) is 9.59 Å². The summed E-state index contributed by atoms with van der Waals surface area (Å²) in [6, 6.07) is 13.7. The van der Waals surface area contributed by atoms with Gasteiger partial charge in [-0.3, -0.25) is 14.6 Å². The lowest BCUT2D eigenvalue weighted by Gasteiger charge is -2.53. The first kappa shape index (κ1) is 21.3. The van der Waals surface area contributed by atoms with Gasteiger partial charge in [0.05, 0.1) is 17.8 Å². The van der Waals surface area contributed by atoms with Crippen molar-refractivity contribution in [3.05, 3.63) is 77.4 Å². The summed E-state index contributed by atoms with van der Waals surface area (Å²) in [6.07, 6.45) is 7.41. The van der Waals surface area contributed by atoms with Crippen LogP contribution < -0.4 is 5.32 Å². The van der Waals surface area contributed by atoms with Gasteiger partial charge in [0.2, 0.25) is 0 Å². The predicted molar refractivity (Wildman–Crippen MR) is 122 cm³/mol. The number of piperidine rings is 1. The molecule has 1 aliphatic carbocycles. The highest BCUT2D eigenvalue weighted by molar-refractivity contribution is 5.94. The van der Waals surface area contributed by atoms with Crippen molar-refractivity contribution in [1.82, 2.24) is 30.2 Å². The first-order chi connectivity index (χ1) is 16.0. The summed E-state index contributed by atoms with van der Waals surface area (Å²) in [4.78, 5) is 31.5. The van der Waals surface area contributed by atoms with Crippen LogP contribution in [0.4, 0.5) is 0 Å². The SMILES string of the molecule is Cc1ccc(C(=O)N2CCC3(CCC3n3cc(C(=O)NCc4ccccc4)nn3)CC2)cn1. The van der Waals surface area contributed by atoms with Crippen LogP contribution in [-0.2, 0) is 6.54 Å². The van der Waals surface area contributed by atoms with E-state index in [0.29, 0.717) is 17.8 Å². The van der Waals surface area contributed by atoms with Gasteiger partial charge in [-0.15, -0.1) is 5.10 Å². The average molecular weight is 445 g/mol. The molecule has 8 nitrogen and oxygen atoms in total. The Labute approximate surface area is 193 Å². The third kappa shape index (κ3) is 4.25. The van der Waals surface area contributed by atoms with E-state index >= 15 is 0 Å². The molecule has 3 aromatic rings. The van der Waals surface area contributed by atoms with Crippen LogP contribution in [0.25, 0.3) is 0 Å². The Bertz CT molecular complexity index is 1130. The number of aryl methyl sites for hydroxylation is 1. The van der Waals surface area contributed by atoms with Crippen molar-refractivity contribution in [3.63, 3.8) is 0 Å². The summed E-state index contributed by atoms with van der Waals surface area (Å²) in [7, 11) is 0. The molecule has 8 heteroatoms. The first-order valence-electron chi connectivity index (χ1n) is 11.5. The molecule has 170 valence electrons. The second kappa shape index (κ2) is 8.77. The summed E-state index contributed by atoms with van der Waals surface area (Å²) >= 11 is 0. The van der Waals surface area contributed by atoms with Crippen molar-refractivity contribution in [2.24, 2.45) is 5.41 Å². The van der Waals surface area contributed by atoms with Gasteiger partial charge in [-0.25, -0.2) is 4.68 Å². The largest absolute Gasteiger partial charge is 0.347 e. The summed E-state index contributed by atoms with van der Waals surface area (Å²) in [5.41, 5.74) is 3.05. The highest BCUT2D eigenvalue weighted by Crippen LogP contribution is 2.56. The number of amides is 2. The van der Waals surface area contributed by atoms with Crippen molar-refractivity contribution in [1.29, 1.82) is 0 Å². The smallest absolute Gasteiger partial charge is 0.273 e. The number of nitrogens with zero attached hydrogens (tertiary/aromatic N) is 5. The lowest BCUT2D eigenvalue weighted by molar-refractivity contribution is -0.0268. The van der Waals surface area contributed by atoms with E-state index < -0.39 is 0 Å². The van der Waals surface area contributed by atoms with Crippen LogP contribution in [0.5, 0.6) is 0 Å². The Morgan fingerprint density at radius 2 is 1.88 bits per heavy atom. The molecule has 1 atom stereocenters. The molecule has 1 aromatic carbocycles. The maximum absolute atomic E-state index is 12.8. The van der Waals surface area contributed by atoms with Gasteiger partial charge in [0.25, 0.3) is 11.8 Å². The molecule has 1 N–H and O–H groups in total. The van der Waals surface area contributed by atoms with Gasteiger partial charge in [0.15, 0.2) is 5.69 Å². The molecule has 3 heterocycles. The Morgan fingerprint density at radius 3 is 2.55 bits per heavy atom. The minimum absolute atomic E-state index is 0.0475. The topological polar surface area (TPSA) is 93.0 Å². The number of nitrogens with one attached hydrogen (secondary N) is 1. The summed E-state index contributed by atoms with van der Waals surface area (Å²) in [5.74, 6) is -0.169. The fourth-order valence-electron chi connectivity index (χ4n) is 5.01. The van der Waals surface area contributed by atoms with Crippen molar-refractivity contribution < 1.29 is 9.59 Å². The first-order valence-corrected chi connectivity index (χ1v) is 11.5. The van der Waals surface area contributed by atoms with Crippen molar-refractivity contribution in [3.8, 4) is 0 Å². The van der Waals surface area contributed by atoms with E-state index in [-0.39, 0.29) is 23.3 Å². The monoisotopic (exact) mass is 444 g/mol. The molecule has 1 saturated carbocycles. The van der Waals surface area contributed by atoms with Crippen molar-refractivity contribution in [2.45, 2.75) is 45.2 Å². The number of pyridine rings is 1. The van der Waals surface area contributed by atoms with Gasteiger partial charge < -0.3 is 10.2 Å². The number of carbonyl (C=O) groups is 2. The second-order valence-corrected chi connectivity index (χ2v) is 9.15. The van der Waals surface area contributed by atoms with Gasteiger partial charge in [0.1, 0.15) is 0 Å². The van der Waals surface area contributed by atoms with E-state index in [4.69, 9.17) is 0 Å².